The van der Waals surface area contributed by atoms with E-state index < -0.39 is 102 Å². The van der Waals surface area contributed by atoms with E-state index in [0.717, 1.165) is 24.3 Å². The van der Waals surface area contributed by atoms with Crippen molar-refractivity contribution in [1.29, 1.82) is 0 Å². The molecule has 1 heterocycles. The number of halogens is 1. The number of anilines is 7. The van der Waals surface area contributed by atoms with Crippen LogP contribution in [0.2, 0.25) is 5.28 Å². The maximum absolute atomic E-state index is 13.8. The Morgan fingerprint density at radius 1 is 0.746 bits per heavy atom. The molecule has 5 aromatic rings. The van der Waals surface area contributed by atoms with Crippen LogP contribution in [0.1, 0.15) is 38.8 Å². The van der Waals surface area contributed by atoms with Crippen molar-refractivity contribution >= 4 is 104 Å². The van der Waals surface area contributed by atoms with Gasteiger partial charge in [0.15, 0.2) is 21.4 Å². The molecule has 4 aromatic carbocycles. The molecule has 0 saturated heterocycles. The number of ketones is 2. The number of nitrogens with two attached hydrogens (primary N) is 1. The highest BCUT2D eigenvalue weighted by Crippen LogP contribution is 2.41. The van der Waals surface area contributed by atoms with E-state index in [1.807, 2.05) is 0 Å². The minimum absolute atomic E-state index is 0.0293. The van der Waals surface area contributed by atoms with Gasteiger partial charge in [-0.1, -0.05) is 30.3 Å². The van der Waals surface area contributed by atoms with Gasteiger partial charge in [-0.05, 0) is 61.0 Å². The quantitative estimate of drug-likeness (QED) is 0.0671. The lowest BCUT2D eigenvalue weighted by Gasteiger charge is -2.24. The van der Waals surface area contributed by atoms with Crippen LogP contribution in [0.3, 0.4) is 0 Å². The zero-order valence-corrected chi connectivity index (χ0v) is 33.8. The molecule has 0 spiro atoms. The fraction of sp³-hybridized carbons (Fsp3) is 0.121. The Hall–Kier alpha value is -5.64. The summed E-state index contributed by atoms with van der Waals surface area (Å²) in [7, 11) is -19.1. The number of carbonyl (C=O) groups is 2. The predicted molar refractivity (Wildman–Crippen MR) is 210 cm³/mol. The number of nitrogens with one attached hydrogen (secondary N) is 2. The normalized spacial score (nSPS) is 13.1. The highest BCUT2D eigenvalue weighted by atomic mass is 35.5. The zero-order chi connectivity index (χ0) is 43.2. The van der Waals surface area contributed by atoms with Gasteiger partial charge in [-0.2, -0.15) is 40.2 Å². The Kier molecular flexibility index (Phi) is 11.5. The molecule has 1 aromatic heterocycles. The summed E-state index contributed by atoms with van der Waals surface area (Å²) < 4.78 is 130. The van der Waals surface area contributed by atoms with Crippen molar-refractivity contribution < 1.29 is 61.1 Å². The highest BCUT2D eigenvalue weighted by molar-refractivity contribution is 7.91. The molecule has 0 saturated carbocycles. The zero-order valence-electron chi connectivity index (χ0n) is 29.8. The second-order valence-corrected chi connectivity index (χ2v) is 18.6. The van der Waals surface area contributed by atoms with Gasteiger partial charge in [-0.25, -0.2) is 12.6 Å². The van der Waals surface area contributed by atoms with E-state index in [2.05, 4.69) is 29.8 Å². The number of rotatable bonds is 14. The third kappa shape index (κ3) is 9.17. The summed E-state index contributed by atoms with van der Waals surface area (Å²) in [6.07, 6.45) is 0. The molecule has 0 bridgehead atoms. The number of carbonyl (C=O) groups excluding carboxylic acids is 2. The van der Waals surface area contributed by atoms with Crippen molar-refractivity contribution in [3.8, 4) is 0 Å². The molecule has 7 N–H and O–H groups in total. The Morgan fingerprint density at radius 2 is 1.39 bits per heavy atom. The van der Waals surface area contributed by atoms with Crippen LogP contribution < -0.4 is 21.3 Å². The van der Waals surface area contributed by atoms with Gasteiger partial charge < -0.3 is 21.3 Å². The Bertz CT molecular complexity index is 3040. The van der Waals surface area contributed by atoms with Crippen LogP contribution >= 0.6 is 11.6 Å². The molecule has 6 rings (SSSR count). The van der Waals surface area contributed by atoms with Crippen molar-refractivity contribution in [1.82, 2.24) is 15.0 Å². The van der Waals surface area contributed by atoms with Crippen molar-refractivity contribution in [2.24, 2.45) is 0 Å². The van der Waals surface area contributed by atoms with E-state index in [1.54, 1.807) is 6.92 Å². The van der Waals surface area contributed by atoms with Crippen molar-refractivity contribution in [2.45, 2.75) is 21.6 Å². The number of sulfone groups is 1. The van der Waals surface area contributed by atoms with Crippen LogP contribution in [0.5, 0.6) is 0 Å². The van der Waals surface area contributed by atoms with Crippen molar-refractivity contribution in [3.63, 3.8) is 0 Å². The molecule has 1 aliphatic carbocycles. The number of nitrogen functional groups attached to an aromatic ring is 1. The minimum Gasteiger partial charge on any atom is -0.397 e. The van der Waals surface area contributed by atoms with Gasteiger partial charge in [0.1, 0.15) is 9.79 Å². The summed E-state index contributed by atoms with van der Waals surface area (Å²) in [6.45, 7) is 0.842. The monoisotopic (exact) mass is 909 g/mol. The summed E-state index contributed by atoms with van der Waals surface area (Å²) in [5.74, 6) is -2.98. The number of benzene rings is 4. The summed E-state index contributed by atoms with van der Waals surface area (Å²) in [6, 6.07) is 14.9. The minimum atomic E-state index is -5.09. The van der Waals surface area contributed by atoms with Gasteiger partial charge >= 0.3 is 10.4 Å². The summed E-state index contributed by atoms with van der Waals surface area (Å²) in [5.41, 5.74) is 3.75. The van der Waals surface area contributed by atoms with E-state index >= 15 is 0 Å². The fourth-order valence-electron chi connectivity index (χ4n) is 5.98. The summed E-state index contributed by atoms with van der Waals surface area (Å²) in [4.78, 5) is 39.2. The topological polar surface area (TPSA) is 333 Å². The summed E-state index contributed by atoms with van der Waals surface area (Å²) >= 11 is 6.24. The standard InChI is InChI=1S/C33H28ClN7O14S4/c1-2-41(18-6-5-7-19(15-18)56(44,45)13-12-55-59(52,53)54)33-39-31(34)38-32(40-33)37-22-14-17(10-11-24(22)57(46,47)48)36-23-16-25(58(49,50)51)28(35)27-26(23)29(42)20-8-3-4-9-21(20)30(27)43/h3-11,14-16,36H,2,12-13,35H2,1H3,(H,46,47,48)(H,49,50,51)(H,52,53,54)(H,37,38,39,40). The van der Waals surface area contributed by atoms with Gasteiger partial charge in [-0.3, -0.25) is 23.2 Å². The predicted octanol–water partition coefficient (Wildman–Crippen LogP) is 3.61. The number of hydrogen-bond acceptors (Lipinski definition) is 18. The van der Waals surface area contributed by atoms with Crippen LogP contribution in [-0.4, -0.2) is 92.8 Å². The molecule has 1 aliphatic rings. The van der Waals surface area contributed by atoms with Gasteiger partial charge in [-0.15, -0.1) is 0 Å². The fourth-order valence-corrected chi connectivity index (χ4v) is 8.93. The lowest BCUT2D eigenvalue weighted by molar-refractivity contribution is 0.0980. The third-order valence-electron chi connectivity index (χ3n) is 8.49. The molecule has 0 amide bonds. The molecule has 26 heteroatoms. The molecule has 0 atom stereocenters. The average Bonchev–Trinajstić information content (AvgIpc) is 3.13. The molecule has 0 radical (unpaired) electrons. The third-order valence-corrected chi connectivity index (χ3v) is 12.6. The van der Waals surface area contributed by atoms with Gasteiger partial charge in [0, 0.05) is 29.0 Å². The van der Waals surface area contributed by atoms with Crippen LogP contribution in [0.15, 0.2) is 87.5 Å². The van der Waals surface area contributed by atoms with Crippen LogP contribution in [0, 0.1) is 0 Å². The van der Waals surface area contributed by atoms with Crippen molar-refractivity contribution in [2.75, 3.05) is 40.2 Å². The lowest BCUT2D eigenvalue weighted by Crippen LogP contribution is -2.25. The van der Waals surface area contributed by atoms with E-state index in [4.69, 9.17) is 21.9 Å². The molecular weight excluding hydrogens is 882 g/mol. The highest BCUT2D eigenvalue weighted by Gasteiger charge is 2.36. The Morgan fingerprint density at radius 3 is 2.00 bits per heavy atom. The van der Waals surface area contributed by atoms with Gasteiger partial charge in [0.2, 0.25) is 17.2 Å². The first-order valence-corrected chi connectivity index (χ1v) is 22.7. The van der Waals surface area contributed by atoms with E-state index in [-0.39, 0.29) is 51.1 Å². The molecular formula is C33H28ClN7O14S4. The Labute approximate surface area is 340 Å². The second kappa shape index (κ2) is 15.8. The Balaban J connectivity index is 1.39. The largest absolute Gasteiger partial charge is 0.397 e. The number of nitrogens with zero attached hydrogens (tertiary/aromatic N) is 4. The van der Waals surface area contributed by atoms with Gasteiger partial charge in [0.05, 0.1) is 45.4 Å². The summed E-state index contributed by atoms with van der Waals surface area (Å²) in [5, 5.41) is 4.93. The van der Waals surface area contributed by atoms with Crippen LogP contribution in [-0.2, 0) is 44.7 Å². The van der Waals surface area contributed by atoms with Crippen LogP contribution in [0.25, 0.3) is 0 Å². The maximum Gasteiger partial charge on any atom is 0.397 e. The van der Waals surface area contributed by atoms with Crippen molar-refractivity contribution in [3.05, 3.63) is 100 Å². The second-order valence-electron chi connectivity index (χ2n) is 12.2. The van der Waals surface area contributed by atoms with E-state index in [1.165, 1.54) is 53.4 Å². The maximum atomic E-state index is 13.8. The lowest BCUT2D eigenvalue weighted by atomic mass is 9.82. The molecule has 59 heavy (non-hydrogen) atoms. The first-order valence-electron chi connectivity index (χ1n) is 16.4. The van der Waals surface area contributed by atoms with E-state index in [0.29, 0.717) is 0 Å². The first kappa shape index (κ1) is 43.0. The van der Waals surface area contributed by atoms with Gasteiger partial charge in [0.25, 0.3) is 20.2 Å². The molecule has 310 valence electrons. The number of aromatic nitrogens is 3. The number of hydrogen-bond donors (Lipinski definition) is 6. The molecule has 21 nitrogen and oxygen atoms in total. The molecule has 0 unspecified atom stereocenters. The number of fused-ring (bicyclic) bond motifs is 2. The smallest absolute Gasteiger partial charge is 0.397 e. The average molecular weight is 910 g/mol. The van der Waals surface area contributed by atoms with E-state index in [9.17, 15) is 52.4 Å². The SMILES string of the molecule is CCN(c1cccc(S(=O)(=O)CCOS(=O)(=O)O)c1)c1nc(Cl)nc(Nc2cc(Nc3cc(S(=O)(=O)O)c(N)c4c3C(=O)c3ccccc3C4=O)ccc2S(=O)(=O)O)n1. The first-order chi connectivity index (χ1) is 27.5. The molecule has 0 aliphatic heterocycles. The molecule has 0 fully saturated rings. The van der Waals surface area contributed by atoms with Crippen LogP contribution in [0.4, 0.5) is 40.3 Å².